The van der Waals surface area contributed by atoms with Gasteiger partial charge in [-0.05, 0) is 24.2 Å². The molecular weight excluding hydrogens is 270 g/mol. The van der Waals surface area contributed by atoms with E-state index in [0.717, 1.165) is 41.2 Å². The van der Waals surface area contributed by atoms with E-state index < -0.39 is 0 Å². The molecule has 2 aromatic rings. The number of carbonyl (C=O) groups is 1. The summed E-state index contributed by atoms with van der Waals surface area (Å²) in [6, 6.07) is 7.83. The molecule has 1 aliphatic rings. The molecule has 0 N–H and O–H groups in total. The van der Waals surface area contributed by atoms with Crippen LogP contribution in [-0.4, -0.2) is 16.7 Å². The molecule has 0 unspecified atom stereocenters. The van der Waals surface area contributed by atoms with Crippen molar-refractivity contribution >= 4 is 17.5 Å². The number of hydrogen-bond donors (Lipinski definition) is 0. The minimum Gasteiger partial charge on any atom is -0.360 e. The zero-order valence-electron chi connectivity index (χ0n) is 11.5. The zero-order valence-corrected chi connectivity index (χ0v) is 12.3. The molecule has 3 nitrogen and oxygen atoms in total. The van der Waals surface area contributed by atoms with Crippen molar-refractivity contribution in [1.82, 2.24) is 5.16 Å². The molecule has 1 aromatic carbocycles. The Labute approximate surface area is 122 Å². The van der Waals surface area contributed by atoms with E-state index in [1.165, 1.54) is 0 Å². The number of ketones is 1. The summed E-state index contributed by atoms with van der Waals surface area (Å²) in [6.07, 6.45) is 3.77. The number of thioether (sulfide) groups is 1. The third-order valence-corrected chi connectivity index (χ3v) is 4.44. The number of hydrogen-bond acceptors (Lipinski definition) is 4. The number of aromatic nitrogens is 1. The maximum atomic E-state index is 12.7. The Morgan fingerprint density at radius 3 is 2.90 bits per heavy atom. The summed E-state index contributed by atoms with van der Waals surface area (Å²) in [6.45, 7) is 2.13. The standard InChI is InChI=1S/C16H17NO2S/c1-2-20-10-12-5-3-4-6-13(12)15(18)14-9-17-19-16(14)11-7-8-11/h3-6,9,11H,2,7-8,10H2,1H3. The number of carbonyl (C=O) groups excluding carboxylic acids is 1. The van der Waals surface area contributed by atoms with Crippen molar-refractivity contribution < 1.29 is 9.32 Å². The predicted molar refractivity (Wildman–Crippen MR) is 80.2 cm³/mol. The summed E-state index contributed by atoms with van der Waals surface area (Å²) in [4.78, 5) is 12.7. The van der Waals surface area contributed by atoms with Crippen LogP contribution < -0.4 is 0 Å². The molecule has 1 heterocycles. The Hall–Kier alpha value is -1.55. The molecule has 1 fully saturated rings. The molecule has 1 aliphatic carbocycles. The second kappa shape index (κ2) is 5.83. The Balaban J connectivity index is 1.91. The quantitative estimate of drug-likeness (QED) is 0.752. The highest BCUT2D eigenvalue weighted by Crippen LogP contribution is 2.42. The van der Waals surface area contributed by atoms with Crippen LogP contribution in [-0.2, 0) is 5.75 Å². The lowest BCUT2D eigenvalue weighted by atomic mass is 9.99. The van der Waals surface area contributed by atoms with E-state index in [0.29, 0.717) is 11.5 Å². The summed E-state index contributed by atoms with van der Waals surface area (Å²) in [7, 11) is 0. The SMILES string of the molecule is CCSCc1ccccc1C(=O)c1cnoc1C1CC1. The van der Waals surface area contributed by atoms with Gasteiger partial charge >= 0.3 is 0 Å². The minimum atomic E-state index is 0.0421. The fourth-order valence-corrected chi connectivity index (χ4v) is 2.96. The Kier molecular flexibility index (Phi) is 3.92. The smallest absolute Gasteiger partial charge is 0.198 e. The van der Waals surface area contributed by atoms with Crippen molar-refractivity contribution in [2.45, 2.75) is 31.4 Å². The number of nitrogens with zero attached hydrogens (tertiary/aromatic N) is 1. The first kappa shape index (κ1) is 13.4. The molecule has 3 rings (SSSR count). The molecule has 0 aliphatic heterocycles. The maximum absolute atomic E-state index is 12.7. The minimum absolute atomic E-state index is 0.0421. The summed E-state index contributed by atoms with van der Waals surface area (Å²) < 4.78 is 5.28. The van der Waals surface area contributed by atoms with Crippen molar-refractivity contribution in [3.05, 3.63) is 52.9 Å². The van der Waals surface area contributed by atoms with Gasteiger partial charge in [-0.25, -0.2) is 0 Å². The van der Waals surface area contributed by atoms with Gasteiger partial charge in [-0.3, -0.25) is 4.79 Å². The highest BCUT2D eigenvalue weighted by atomic mass is 32.2. The molecule has 20 heavy (non-hydrogen) atoms. The van der Waals surface area contributed by atoms with Gasteiger partial charge in [0, 0.05) is 17.2 Å². The molecule has 0 bridgehead atoms. The van der Waals surface area contributed by atoms with E-state index in [2.05, 4.69) is 12.1 Å². The Morgan fingerprint density at radius 1 is 1.35 bits per heavy atom. The number of benzene rings is 1. The molecular formula is C16H17NO2S. The second-order valence-corrected chi connectivity index (χ2v) is 6.28. The zero-order chi connectivity index (χ0) is 13.9. The van der Waals surface area contributed by atoms with Gasteiger partial charge in [0.2, 0.25) is 0 Å². The van der Waals surface area contributed by atoms with Gasteiger partial charge in [0.15, 0.2) is 11.5 Å². The van der Waals surface area contributed by atoms with Crippen LogP contribution in [0.3, 0.4) is 0 Å². The van der Waals surface area contributed by atoms with E-state index >= 15 is 0 Å². The van der Waals surface area contributed by atoms with Gasteiger partial charge in [-0.1, -0.05) is 36.3 Å². The average molecular weight is 287 g/mol. The van der Waals surface area contributed by atoms with Crippen LogP contribution in [0.15, 0.2) is 35.0 Å². The summed E-state index contributed by atoms with van der Waals surface area (Å²) in [5, 5.41) is 3.82. The molecule has 0 amide bonds. The highest BCUT2D eigenvalue weighted by molar-refractivity contribution is 7.98. The highest BCUT2D eigenvalue weighted by Gasteiger charge is 2.33. The van der Waals surface area contributed by atoms with Crippen LogP contribution in [0.4, 0.5) is 0 Å². The largest absolute Gasteiger partial charge is 0.360 e. The van der Waals surface area contributed by atoms with Crippen LogP contribution >= 0.6 is 11.8 Å². The van der Waals surface area contributed by atoms with Crippen LogP contribution in [0.1, 0.15) is 52.9 Å². The van der Waals surface area contributed by atoms with Crippen LogP contribution in [0.25, 0.3) is 0 Å². The first-order valence-electron chi connectivity index (χ1n) is 6.96. The topological polar surface area (TPSA) is 43.1 Å². The first-order valence-corrected chi connectivity index (χ1v) is 8.11. The van der Waals surface area contributed by atoms with Gasteiger partial charge in [-0.2, -0.15) is 11.8 Å². The van der Waals surface area contributed by atoms with E-state index in [1.807, 2.05) is 36.0 Å². The van der Waals surface area contributed by atoms with Gasteiger partial charge < -0.3 is 4.52 Å². The van der Waals surface area contributed by atoms with Gasteiger partial charge in [0.25, 0.3) is 0 Å². The van der Waals surface area contributed by atoms with E-state index in [-0.39, 0.29) is 5.78 Å². The molecule has 0 saturated heterocycles. The lowest BCUT2D eigenvalue weighted by Crippen LogP contribution is -2.06. The van der Waals surface area contributed by atoms with Crippen LogP contribution in [0, 0.1) is 0 Å². The monoisotopic (exact) mass is 287 g/mol. The van der Waals surface area contributed by atoms with Gasteiger partial charge in [-0.15, -0.1) is 0 Å². The van der Waals surface area contributed by atoms with Crippen molar-refractivity contribution in [2.75, 3.05) is 5.75 Å². The van der Waals surface area contributed by atoms with Crippen LogP contribution in [0.5, 0.6) is 0 Å². The molecule has 0 atom stereocenters. The normalized spacial score (nSPS) is 14.4. The van der Waals surface area contributed by atoms with Gasteiger partial charge in [0.05, 0.1) is 11.8 Å². The summed E-state index contributed by atoms with van der Waals surface area (Å²) in [5.41, 5.74) is 2.51. The summed E-state index contributed by atoms with van der Waals surface area (Å²) in [5.74, 6) is 3.12. The molecule has 1 saturated carbocycles. The fraction of sp³-hybridized carbons (Fsp3) is 0.375. The molecule has 1 aromatic heterocycles. The lowest BCUT2D eigenvalue weighted by molar-refractivity contribution is 0.103. The Morgan fingerprint density at radius 2 is 2.15 bits per heavy atom. The lowest BCUT2D eigenvalue weighted by Gasteiger charge is -2.07. The average Bonchev–Trinajstić information content (AvgIpc) is 3.22. The molecule has 4 heteroatoms. The van der Waals surface area contributed by atoms with Crippen molar-refractivity contribution in [1.29, 1.82) is 0 Å². The fourth-order valence-electron chi connectivity index (χ4n) is 2.28. The van der Waals surface area contributed by atoms with E-state index in [1.54, 1.807) is 6.20 Å². The van der Waals surface area contributed by atoms with Crippen molar-refractivity contribution in [3.63, 3.8) is 0 Å². The third-order valence-electron chi connectivity index (χ3n) is 3.51. The maximum Gasteiger partial charge on any atom is 0.198 e. The molecule has 104 valence electrons. The first-order chi connectivity index (χ1) is 9.81. The van der Waals surface area contributed by atoms with Crippen molar-refractivity contribution in [2.24, 2.45) is 0 Å². The summed E-state index contributed by atoms with van der Waals surface area (Å²) >= 11 is 1.82. The molecule has 0 spiro atoms. The number of rotatable bonds is 6. The Bertz CT molecular complexity index is 616. The second-order valence-electron chi connectivity index (χ2n) is 5.00. The third kappa shape index (κ3) is 2.66. The molecule has 0 radical (unpaired) electrons. The van der Waals surface area contributed by atoms with E-state index in [4.69, 9.17) is 4.52 Å². The van der Waals surface area contributed by atoms with E-state index in [9.17, 15) is 4.79 Å². The van der Waals surface area contributed by atoms with Crippen molar-refractivity contribution in [3.8, 4) is 0 Å². The van der Waals surface area contributed by atoms with Gasteiger partial charge in [0.1, 0.15) is 0 Å². The predicted octanol–water partition coefficient (Wildman–Crippen LogP) is 4.04. The van der Waals surface area contributed by atoms with Crippen LogP contribution in [0.2, 0.25) is 0 Å².